The van der Waals surface area contributed by atoms with Crippen molar-refractivity contribution in [2.75, 3.05) is 5.73 Å². The molecule has 0 aromatic heterocycles. The van der Waals surface area contributed by atoms with Crippen molar-refractivity contribution in [3.05, 3.63) is 29.8 Å². The number of aliphatic carboxylic acids is 1. The topological polar surface area (TPSA) is 80.4 Å². The number of hydrogen-bond donors (Lipinski definition) is 2. The molecule has 1 aliphatic rings. The molecule has 0 aliphatic heterocycles. The van der Waals surface area contributed by atoms with Crippen LogP contribution in [0.4, 0.5) is 5.69 Å². The van der Waals surface area contributed by atoms with Crippen molar-refractivity contribution in [3.8, 4) is 0 Å². The molecule has 0 radical (unpaired) electrons. The molecule has 4 heteroatoms. The number of carboxylic acid groups (broad SMARTS) is 1. The number of carboxylic acids is 1. The number of carbonyl (C=O) groups is 2. The first kappa shape index (κ1) is 9.71. The van der Waals surface area contributed by atoms with Crippen LogP contribution in [-0.4, -0.2) is 16.9 Å². The molecule has 1 fully saturated rings. The molecule has 0 amide bonds. The van der Waals surface area contributed by atoms with Gasteiger partial charge in [0.1, 0.15) is 11.2 Å². The number of anilines is 1. The lowest BCUT2D eigenvalue weighted by atomic mass is 9.63. The second-order valence-corrected chi connectivity index (χ2v) is 3.90. The number of nitrogen functional groups attached to an aromatic ring is 1. The van der Waals surface area contributed by atoms with Crippen molar-refractivity contribution in [1.29, 1.82) is 0 Å². The third kappa shape index (κ3) is 1.38. The lowest BCUT2D eigenvalue weighted by molar-refractivity contribution is -0.153. The van der Waals surface area contributed by atoms with E-state index in [1.807, 2.05) is 0 Å². The minimum absolute atomic E-state index is 0.00535. The lowest BCUT2D eigenvalue weighted by Crippen LogP contribution is -2.48. The molecule has 1 aliphatic carbocycles. The number of nitrogens with two attached hydrogens (primary N) is 1. The van der Waals surface area contributed by atoms with Crippen LogP contribution in [0, 0.1) is 0 Å². The van der Waals surface area contributed by atoms with Gasteiger partial charge in [0.25, 0.3) is 0 Å². The summed E-state index contributed by atoms with van der Waals surface area (Å²) in [5, 5.41) is 9.14. The minimum atomic E-state index is -1.01. The van der Waals surface area contributed by atoms with Crippen LogP contribution in [-0.2, 0) is 15.0 Å². The maximum absolute atomic E-state index is 11.2. The monoisotopic (exact) mass is 205 g/mol. The average molecular weight is 205 g/mol. The Hall–Kier alpha value is -1.84. The largest absolute Gasteiger partial charge is 0.481 e. The molecule has 1 aromatic rings. The molecule has 15 heavy (non-hydrogen) atoms. The van der Waals surface area contributed by atoms with E-state index >= 15 is 0 Å². The normalized spacial score (nSPS) is 18.3. The Morgan fingerprint density at radius 3 is 2.20 bits per heavy atom. The first-order valence-electron chi connectivity index (χ1n) is 4.66. The average Bonchev–Trinajstić information content (AvgIpc) is 2.13. The van der Waals surface area contributed by atoms with E-state index in [0.717, 1.165) is 0 Å². The summed E-state index contributed by atoms with van der Waals surface area (Å²) < 4.78 is 0. The van der Waals surface area contributed by atoms with Crippen LogP contribution in [0.2, 0.25) is 0 Å². The van der Waals surface area contributed by atoms with Crippen LogP contribution in [0.25, 0.3) is 0 Å². The number of Topliss-reactive ketones (excluding diaryl/α,β-unsaturated/α-hetero) is 1. The maximum Gasteiger partial charge on any atom is 0.315 e. The molecule has 78 valence electrons. The second-order valence-electron chi connectivity index (χ2n) is 3.90. The molecule has 0 bridgehead atoms. The van der Waals surface area contributed by atoms with Crippen molar-refractivity contribution in [2.24, 2.45) is 0 Å². The number of benzene rings is 1. The van der Waals surface area contributed by atoms with Gasteiger partial charge >= 0.3 is 5.97 Å². The Kier molecular flexibility index (Phi) is 2.00. The summed E-state index contributed by atoms with van der Waals surface area (Å²) in [5.74, 6) is -0.943. The van der Waals surface area contributed by atoms with Crippen LogP contribution in [0.15, 0.2) is 24.3 Å². The predicted molar refractivity (Wildman–Crippen MR) is 54.4 cm³/mol. The highest BCUT2D eigenvalue weighted by molar-refractivity contribution is 6.01. The zero-order valence-electron chi connectivity index (χ0n) is 8.06. The van der Waals surface area contributed by atoms with Gasteiger partial charge in [-0.3, -0.25) is 9.59 Å². The fourth-order valence-electron chi connectivity index (χ4n) is 1.90. The third-order valence-electron chi connectivity index (χ3n) is 2.87. The fourth-order valence-corrected chi connectivity index (χ4v) is 1.90. The number of rotatable bonds is 2. The highest BCUT2D eigenvalue weighted by Crippen LogP contribution is 2.41. The predicted octanol–water partition coefficient (Wildman–Crippen LogP) is 0.954. The molecule has 4 nitrogen and oxygen atoms in total. The van der Waals surface area contributed by atoms with Gasteiger partial charge in [-0.1, -0.05) is 12.1 Å². The molecular formula is C11H11NO3. The zero-order valence-corrected chi connectivity index (χ0v) is 8.06. The van der Waals surface area contributed by atoms with Gasteiger partial charge in [0.15, 0.2) is 0 Å². The van der Waals surface area contributed by atoms with E-state index in [-0.39, 0.29) is 18.6 Å². The first-order valence-corrected chi connectivity index (χ1v) is 4.66. The lowest BCUT2D eigenvalue weighted by Gasteiger charge is -2.36. The molecular weight excluding hydrogens is 194 g/mol. The number of hydrogen-bond acceptors (Lipinski definition) is 3. The van der Waals surface area contributed by atoms with Gasteiger partial charge in [0, 0.05) is 18.5 Å². The van der Waals surface area contributed by atoms with Gasteiger partial charge in [-0.15, -0.1) is 0 Å². The van der Waals surface area contributed by atoms with Gasteiger partial charge in [-0.25, -0.2) is 0 Å². The Labute approximate surface area is 86.7 Å². The van der Waals surface area contributed by atoms with E-state index in [9.17, 15) is 9.59 Å². The van der Waals surface area contributed by atoms with E-state index in [0.29, 0.717) is 11.3 Å². The van der Waals surface area contributed by atoms with E-state index in [1.54, 1.807) is 24.3 Å². The molecule has 1 aromatic carbocycles. The van der Waals surface area contributed by atoms with Crippen molar-refractivity contribution >= 4 is 17.4 Å². The highest BCUT2D eigenvalue weighted by atomic mass is 16.4. The van der Waals surface area contributed by atoms with Crippen molar-refractivity contribution in [2.45, 2.75) is 18.3 Å². The van der Waals surface area contributed by atoms with Gasteiger partial charge in [0.2, 0.25) is 0 Å². The Morgan fingerprint density at radius 1 is 1.27 bits per heavy atom. The van der Waals surface area contributed by atoms with Crippen molar-refractivity contribution < 1.29 is 14.7 Å². The summed E-state index contributed by atoms with van der Waals surface area (Å²) in [7, 11) is 0. The molecule has 0 unspecified atom stereocenters. The Morgan fingerprint density at radius 2 is 1.80 bits per heavy atom. The van der Waals surface area contributed by atoms with Crippen molar-refractivity contribution in [3.63, 3.8) is 0 Å². The van der Waals surface area contributed by atoms with E-state index in [1.165, 1.54) is 0 Å². The molecule has 0 spiro atoms. The van der Waals surface area contributed by atoms with Crippen LogP contribution in [0.5, 0.6) is 0 Å². The summed E-state index contributed by atoms with van der Waals surface area (Å²) in [6, 6.07) is 6.66. The molecule has 3 N–H and O–H groups in total. The quantitative estimate of drug-likeness (QED) is 0.704. The van der Waals surface area contributed by atoms with E-state index in [4.69, 9.17) is 10.8 Å². The van der Waals surface area contributed by atoms with Gasteiger partial charge in [-0.2, -0.15) is 0 Å². The smallest absolute Gasteiger partial charge is 0.315 e. The molecule has 1 saturated carbocycles. The summed E-state index contributed by atoms with van der Waals surface area (Å²) >= 11 is 0. The van der Waals surface area contributed by atoms with Gasteiger partial charge < -0.3 is 10.8 Å². The summed E-state index contributed by atoms with van der Waals surface area (Å²) in [4.78, 5) is 22.1. The van der Waals surface area contributed by atoms with E-state index < -0.39 is 11.4 Å². The van der Waals surface area contributed by atoms with Crippen LogP contribution in [0.1, 0.15) is 18.4 Å². The third-order valence-corrected chi connectivity index (χ3v) is 2.87. The number of carbonyl (C=O) groups excluding carboxylic acids is 1. The zero-order chi connectivity index (χ0) is 11.1. The minimum Gasteiger partial charge on any atom is -0.481 e. The van der Waals surface area contributed by atoms with Crippen molar-refractivity contribution in [1.82, 2.24) is 0 Å². The molecule has 0 heterocycles. The highest BCUT2D eigenvalue weighted by Gasteiger charge is 2.51. The standard InChI is InChI=1S/C11H11NO3/c12-8-3-1-7(2-4-8)11(10(14)15)5-9(13)6-11/h1-4H,5-6,12H2,(H,14,15). The maximum atomic E-state index is 11.2. The summed E-state index contributed by atoms with van der Waals surface area (Å²) in [5.41, 5.74) is 5.75. The molecule has 0 atom stereocenters. The van der Waals surface area contributed by atoms with Gasteiger partial charge in [0.05, 0.1) is 0 Å². The number of ketones is 1. The summed E-state index contributed by atoms with van der Waals surface area (Å²) in [6.07, 6.45) is 0.179. The van der Waals surface area contributed by atoms with Crippen LogP contribution in [0.3, 0.4) is 0 Å². The Balaban J connectivity index is 2.38. The molecule has 0 saturated heterocycles. The second kappa shape index (κ2) is 3.08. The first-order chi connectivity index (χ1) is 7.04. The van der Waals surface area contributed by atoms with Crippen LogP contribution < -0.4 is 5.73 Å². The fraction of sp³-hybridized carbons (Fsp3) is 0.273. The SMILES string of the molecule is Nc1ccc(C2(C(=O)O)CC(=O)C2)cc1. The summed E-state index contributed by atoms with van der Waals surface area (Å²) in [6.45, 7) is 0. The van der Waals surface area contributed by atoms with Gasteiger partial charge in [-0.05, 0) is 17.7 Å². The van der Waals surface area contributed by atoms with E-state index in [2.05, 4.69) is 0 Å². The Bertz CT molecular complexity index is 414. The molecule has 2 rings (SSSR count). The van der Waals surface area contributed by atoms with Crippen LogP contribution >= 0.6 is 0 Å².